The van der Waals surface area contributed by atoms with Crippen LogP contribution in [0.2, 0.25) is 0 Å². The predicted octanol–water partition coefficient (Wildman–Crippen LogP) is -0.0392. The normalized spacial score (nSPS) is 19.3. The molecular formula is C7H11N2O2. The lowest BCUT2D eigenvalue weighted by Crippen LogP contribution is -2.41. The van der Waals surface area contributed by atoms with Crippen LogP contribution in [0.25, 0.3) is 0 Å². The summed E-state index contributed by atoms with van der Waals surface area (Å²) in [6, 6.07) is 0. The number of rotatable bonds is 2. The monoisotopic (exact) mass is 155 g/mol. The van der Waals surface area contributed by atoms with Gasteiger partial charge in [-0.1, -0.05) is 6.42 Å². The maximum Gasteiger partial charge on any atom is 0.329 e. The van der Waals surface area contributed by atoms with Gasteiger partial charge < -0.3 is 0 Å². The smallest absolute Gasteiger partial charge is 0.273 e. The summed E-state index contributed by atoms with van der Waals surface area (Å²) in [6.07, 6.45) is 4.98. The molecule has 1 saturated heterocycles. The summed E-state index contributed by atoms with van der Waals surface area (Å²) in [5, 5.41) is 1.33. The van der Waals surface area contributed by atoms with Crippen LogP contribution in [0.5, 0.6) is 0 Å². The predicted molar refractivity (Wildman–Crippen MR) is 39.0 cm³/mol. The lowest BCUT2D eigenvalue weighted by Gasteiger charge is -2.16. The number of nitrogens with zero attached hydrogens (tertiary/aromatic N) is 1. The molecule has 1 radical (unpaired) electrons. The van der Waals surface area contributed by atoms with E-state index in [1.54, 1.807) is 0 Å². The van der Waals surface area contributed by atoms with Crippen molar-refractivity contribution in [1.29, 1.82) is 0 Å². The van der Waals surface area contributed by atoms with E-state index in [2.05, 4.69) is 5.43 Å². The Morgan fingerprint density at radius 3 is 2.91 bits per heavy atom. The summed E-state index contributed by atoms with van der Waals surface area (Å²) in [7, 11) is 0. The molecule has 61 valence electrons. The highest BCUT2D eigenvalue weighted by Crippen LogP contribution is 2.08. The van der Waals surface area contributed by atoms with Gasteiger partial charge in [0.15, 0.2) is 0 Å². The van der Waals surface area contributed by atoms with E-state index >= 15 is 0 Å². The van der Waals surface area contributed by atoms with Crippen molar-refractivity contribution in [2.24, 2.45) is 0 Å². The van der Waals surface area contributed by atoms with E-state index in [0.717, 1.165) is 19.3 Å². The molecule has 0 aliphatic carbocycles. The van der Waals surface area contributed by atoms with Gasteiger partial charge in [-0.05, 0) is 12.8 Å². The van der Waals surface area contributed by atoms with E-state index < -0.39 is 0 Å². The number of hydrogen-bond acceptors (Lipinski definition) is 2. The van der Waals surface area contributed by atoms with Crippen molar-refractivity contribution < 1.29 is 9.59 Å². The lowest BCUT2D eigenvalue weighted by molar-refractivity contribution is -0.132. The van der Waals surface area contributed by atoms with Gasteiger partial charge in [0.05, 0.1) is 0 Å². The zero-order chi connectivity index (χ0) is 8.10. The molecule has 0 bridgehead atoms. The Bertz CT molecular complexity index is 159. The van der Waals surface area contributed by atoms with Crippen LogP contribution in [-0.2, 0) is 9.59 Å². The van der Waals surface area contributed by atoms with Crippen LogP contribution in [0.4, 0.5) is 0 Å². The molecule has 1 rings (SSSR count). The highest BCUT2D eigenvalue weighted by Gasteiger charge is 2.15. The molecule has 4 nitrogen and oxygen atoms in total. The van der Waals surface area contributed by atoms with Crippen LogP contribution < -0.4 is 5.43 Å². The minimum Gasteiger partial charge on any atom is -0.273 e. The Morgan fingerprint density at radius 1 is 1.36 bits per heavy atom. The second-order valence-electron chi connectivity index (χ2n) is 2.57. The summed E-state index contributed by atoms with van der Waals surface area (Å²) in [5.74, 6) is -0.00847. The van der Waals surface area contributed by atoms with Crippen molar-refractivity contribution >= 4 is 12.3 Å². The third-order valence-electron chi connectivity index (χ3n) is 1.75. The fraction of sp³-hybridized carbons (Fsp3) is 0.714. The molecule has 0 atom stereocenters. The summed E-state index contributed by atoms with van der Waals surface area (Å²) >= 11 is 0. The van der Waals surface area contributed by atoms with Crippen LogP contribution in [0.1, 0.15) is 25.7 Å². The Kier molecular flexibility index (Phi) is 2.89. The van der Waals surface area contributed by atoms with Crippen LogP contribution in [0, 0.1) is 0 Å². The molecule has 1 N–H and O–H groups in total. The van der Waals surface area contributed by atoms with Gasteiger partial charge in [-0.2, -0.15) is 0 Å². The zero-order valence-electron chi connectivity index (χ0n) is 6.30. The van der Waals surface area contributed by atoms with Gasteiger partial charge in [0.2, 0.25) is 5.91 Å². The summed E-state index contributed by atoms with van der Waals surface area (Å²) in [6.45, 7) is 0.619. The number of amides is 2. The topological polar surface area (TPSA) is 49.4 Å². The molecule has 0 unspecified atom stereocenters. The molecule has 0 aromatic carbocycles. The third-order valence-corrected chi connectivity index (χ3v) is 1.75. The van der Waals surface area contributed by atoms with E-state index in [1.807, 2.05) is 0 Å². The maximum atomic E-state index is 11.1. The Labute approximate surface area is 65.5 Å². The largest absolute Gasteiger partial charge is 0.329 e. The minimum absolute atomic E-state index is 0.00847. The standard InChI is InChI=1S/C7H11N2O2/c10-6-8-9-5-3-1-2-4-7(9)11/h1-5H2,(H,8,10). The molecule has 4 heteroatoms. The fourth-order valence-corrected chi connectivity index (χ4v) is 1.16. The van der Waals surface area contributed by atoms with Crippen LogP contribution in [0.3, 0.4) is 0 Å². The first-order chi connectivity index (χ1) is 5.34. The molecule has 1 aliphatic heterocycles. The molecule has 1 fully saturated rings. The Morgan fingerprint density at radius 2 is 2.18 bits per heavy atom. The first kappa shape index (κ1) is 8.04. The van der Waals surface area contributed by atoms with Crippen molar-refractivity contribution in [3.05, 3.63) is 0 Å². The van der Waals surface area contributed by atoms with Gasteiger partial charge in [-0.15, -0.1) is 0 Å². The first-order valence-corrected chi connectivity index (χ1v) is 3.78. The molecule has 11 heavy (non-hydrogen) atoms. The average molecular weight is 155 g/mol. The van der Waals surface area contributed by atoms with Gasteiger partial charge in [-0.25, -0.2) is 0 Å². The summed E-state index contributed by atoms with van der Waals surface area (Å²) in [5.41, 5.74) is 2.25. The molecule has 0 saturated carbocycles. The van der Waals surface area contributed by atoms with Crippen molar-refractivity contribution in [3.63, 3.8) is 0 Å². The molecule has 0 aromatic rings. The van der Waals surface area contributed by atoms with E-state index in [9.17, 15) is 9.59 Å². The first-order valence-electron chi connectivity index (χ1n) is 3.78. The van der Waals surface area contributed by atoms with Crippen molar-refractivity contribution in [2.45, 2.75) is 25.7 Å². The van der Waals surface area contributed by atoms with E-state index in [-0.39, 0.29) is 5.91 Å². The van der Waals surface area contributed by atoms with Crippen LogP contribution >= 0.6 is 0 Å². The third kappa shape index (κ3) is 2.22. The molecule has 2 amide bonds. The lowest BCUT2D eigenvalue weighted by atomic mass is 10.2. The number of carbonyl (C=O) groups is 1. The number of nitrogens with one attached hydrogen (secondary N) is 1. The van der Waals surface area contributed by atoms with E-state index in [1.165, 1.54) is 11.4 Å². The summed E-state index contributed by atoms with van der Waals surface area (Å²) < 4.78 is 0. The maximum absolute atomic E-state index is 11.1. The zero-order valence-corrected chi connectivity index (χ0v) is 6.30. The Balaban J connectivity index is 2.45. The van der Waals surface area contributed by atoms with Gasteiger partial charge in [0.25, 0.3) is 0 Å². The summed E-state index contributed by atoms with van der Waals surface area (Å²) in [4.78, 5) is 21.0. The van der Waals surface area contributed by atoms with Crippen molar-refractivity contribution in [3.8, 4) is 0 Å². The number of hydrazine groups is 1. The molecule has 0 spiro atoms. The highest BCUT2D eigenvalue weighted by atomic mass is 16.2. The SMILES string of the molecule is O=[C]NN1CCCCCC1=O. The average Bonchev–Trinajstić information content (AvgIpc) is 2.18. The van der Waals surface area contributed by atoms with Crippen molar-refractivity contribution in [2.75, 3.05) is 6.54 Å². The molecule has 1 aliphatic rings. The van der Waals surface area contributed by atoms with Gasteiger partial charge in [0.1, 0.15) is 0 Å². The molecule has 1 heterocycles. The number of carbonyl (C=O) groups excluding carboxylic acids is 2. The molecular weight excluding hydrogens is 144 g/mol. The quantitative estimate of drug-likeness (QED) is 0.569. The molecule has 0 aromatic heterocycles. The minimum atomic E-state index is -0.00847. The number of hydrogen-bond donors (Lipinski definition) is 1. The van der Waals surface area contributed by atoms with Crippen molar-refractivity contribution in [1.82, 2.24) is 10.4 Å². The second kappa shape index (κ2) is 3.95. The van der Waals surface area contributed by atoms with Crippen LogP contribution in [-0.4, -0.2) is 23.9 Å². The van der Waals surface area contributed by atoms with E-state index in [0.29, 0.717) is 13.0 Å². The fourth-order valence-electron chi connectivity index (χ4n) is 1.16. The Hall–Kier alpha value is -1.06. The van der Waals surface area contributed by atoms with Gasteiger partial charge in [0, 0.05) is 13.0 Å². The van der Waals surface area contributed by atoms with E-state index in [4.69, 9.17) is 0 Å². The highest BCUT2D eigenvalue weighted by molar-refractivity contribution is 5.77. The van der Waals surface area contributed by atoms with Gasteiger partial charge >= 0.3 is 6.41 Å². The second-order valence-corrected chi connectivity index (χ2v) is 2.57. The van der Waals surface area contributed by atoms with Crippen LogP contribution in [0.15, 0.2) is 0 Å². The van der Waals surface area contributed by atoms with Gasteiger partial charge in [-0.3, -0.25) is 20.0 Å².